The van der Waals surface area contributed by atoms with Gasteiger partial charge < -0.3 is 20.3 Å². The van der Waals surface area contributed by atoms with Crippen LogP contribution in [0.25, 0.3) is 0 Å². The molecule has 2 aliphatic rings. The van der Waals surface area contributed by atoms with Gasteiger partial charge in [0.2, 0.25) is 5.95 Å². The molecule has 4 rings (SSSR count). The van der Waals surface area contributed by atoms with Gasteiger partial charge in [-0.15, -0.1) is 5.10 Å². The molecule has 132 valence electrons. The molecule has 1 saturated carbocycles. The van der Waals surface area contributed by atoms with Gasteiger partial charge in [0, 0.05) is 19.1 Å². The first-order valence-corrected chi connectivity index (χ1v) is 9.03. The highest BCUT2D eigenvalue weighted by atomic mass is 16.5. The average molecular weight is 340 g/mol. The minimum atomic E-state index is 0.470. The molecule has 1 aromatic heterocycles. The third kappa shape index (κ3) is 3.99. The van der Waals surface area contributed by atoms with Crippen LogP contribution in [0.2, 0.25) is 0 Å². The third-order valence-electron chi connectivity index (χ3n) is 4.77. The Labute approximate surface area is 147 Å². The maximum Gasteiger partial charge on any atom is 0.244 e. The second-order valence-electron chi connectivity index (χ2n) is 6.53. The molecule has 1 aromatic carbocycles. The lowest BCUT2D eigenvalue weighted by Gasteiger charge is -2.30. The fourth-order valence-corrected chi connectivity index (χ4v) is 3.47. The zero-order valence-electron chi connectivity index (χ0n) is 14.3. The maximum absolute atomic E-state index is 5.46. The molecule has 0 bridgehead atoms. The molecule has 7 nitrogen and oxygen atoms in total. The summed E-state index contributed by atoms with van der Waals surface area (Å²) in [6.45, 7) is 3.32. The smallest absolute Gasteiger partial charge is 0.244 e. The van der Waals surface area contributed by atoms with Crippen molar-refractivity contribution in [1.82, 2.24) is 15.2 Å². The topological polar surface area (TPSA) is 75.2 Å². The molecule has 0 unspecified atom stereocenters. The predicted molar refractivity (Wildman–Crippen MR) is 98.5 cm³/mol. The summed E-state index contributed by atoms with van der Waals surface area (Å²) in [4.78, 5) is 6.91. The van der Waals surface area contributed by atoms with Crippen LogP contribution in [0, 0.1) is 0 Å². The number of hydrogen-bond acceptors (Lipinski definition) is 7. The van der Waals surface area contributed by atoms with Crippen molar-refractivity contribution in [3.8, 4) is 0 Å². The van der Waals surface area contributed by atoms with E-state index in [1.54, 1.807) is 6.20 Å². The SMILES string of the molecule is c1ccc(N2CCOCC2)c(Nc2cnnc(NC3CCCC3)n2)c1. The van der Waals surface area contributed by atoms with Crippen LogP contribution in [-0.4, -0.2) is 47.5 Å². The quantitative estimate of drug-likeness (QED) is 0.867. The van der Waals surface area contributed by atoms with Gasteiger partial charge in [-0.25, -0.2) is 0 Å². The molecule has 1 aliphatic heterocycles. The van der Waals surface area contributed by atoms with Gasteiger partial charge in [0.1, 0.15) is 0 Å². The number of aromatic nitrogens is 3. The fourth-order valence-electron chi connectivity index (χ4n) is 3.47. The minimum absolute atomic E-state index is 0.470. The summed E-state index contributed by atoms with van der Waals surface area (Å²) in [6.07, 6.45) is 6.57. The van der Waals surface area contributed by atoms with E-state index < -0.39 is 0 Å². The first-order valence-electron chi connectivity index (χ1n) is 9.03. The first-order chi connectivity index (χ1) is 12.4. The Hall–Kier alpha value is -2.41. The number of benzene rings is 1. The van der Waals surface area contributed by atoms with Gasteiger partial charge in [-0.1, -0.05) is 25.0 Å². The van der Waals surface area contributed by atoms with Crippen molar-refractivity contribution in [2.24, 2.45) is 0 Å². The number of ether oxygens (including phenoxy) is 1. The zero-order chi connectivity index (χ0) is 16.9. The van der Waals surface area contributed by atoms with Crippen LogP contribution in [0.4, 0.5) is 23.1 Å². The Morgan fingerprint density at radius 2 is 1.88 bits per heavy atom. The Bertz CT molecular complexity index is 697. The summed E-state index contributed by atoms with van der Waals surface area (Å²) < 4.78 is 5.46. The van der Waals surface area contributed by atoms with Gasteiger partial charge in [-0.3, -0.25) is 0 Å². The van der Waals surface area contributed by atoms with Crippen molar-refractivity contribution >= 4 is 23.1 Å². The maximum atomic E-state index is 5.46. The zero-order valence-corrected chi connectivity index (χ0v) is 14.3. The van der Waals surface area contributed by atoms with Crippen molar-refractivity contribution in [2.45, 2.75) is 31.7 Å². The summed E-state index contributed by atoms with van der Waals surface area (Å²) >= 11 is 0. The molecular weight excluding hydrogens is 316 g/mol. The highest BCUT2D eigenvalue weighted by molar-refractivity contribution is 5.74. The first kappa shape index (κ1) is 16.1. The Kier molecular flexibility index (Phi) is 4.92. The van der Waals surface area contributed by atoms with Gasteiger partial charge in [-0.05, 0) is 25.0 Å². The Morgan fingerprint density at radius 1 is 1.08 bits per heavy atom. The molecule has 0 radical (unpaired) electrons. The monoisotopic (exact) mass is 340 g/mol. The van der Waals surface area contributed by atoms with Crippen molar-refractivity contribution in [2.75, 3.05) is 41.8 Å². The average Bonchev–Trinajstić information content (AvgIpc) is 3.16. The van der Waals surface area contributed by atoms with Crippen LogP contribution in [0.3, 0.4) is 0 Å². The lowest BCUT2D eigenvalue weighted by Crippen LogP contribution is -2.36. The van der Waals surface area contributed by atoms with Crippen molar-refractivity contribution in [3.63, 3.8) is 0 Å². The molecule has 1 saturated heterocycles. The van der Waals surface area contributed by atoms with E-state index in [1.807, 2.05) is 6.07 Å². The fraction of sp³-hybridized carbons (Fsp3) is 0.500. The molecule has 0 atom stereocenters. The summed E-state index contributed by atoms with van der Waals surface area (Å²) in [7, 11) is 0. The standard InChI is InChI=1S/C18H24N6O/c1-2-6-14(5-1)20-18-22-17(13-19-23-18)21-15-7-3-4-8-16(15)24-9-11-25-12-10-24/h3-4,7-8,13-14H,1-2,5-6,9-12H2,(H2,20,21,22,23). The van der Waals surface area contributed by atoms with Crippen molar-refractivity contribution in [3.05, 3.63) is 30.5 Å². The second kappa shape index (κ2) is 7.65. The van der Waals surface area contributed by atoms with Crippen molar-refractivity contribution < 1.29 is 4.74 Å². The number of anilines is 4. The Morgan fingerprint density at radius 3 is 2.72 bits per heavy atom. The molecule has 2 heterocycles. The van der Waals surface area contributed by atoms with Crippen molar-refractivity contribution in [1.29, 1.82) is 0 Å². The summed E-state index contributed by atoms with van der Waals surface area (Å²) in [5.41, 5.74) is 2.19. The molecule has 2 fully saturated rings. The molecular formula is C18H24N6O. The summed E-state index contributed by atoms with van der Waals surface area (Å²) in [6, 6.07) is 8.74. The number of nitrogens with zero attached hydrogens (tertiary/aromatic N) is 4. The van der Waals surface area contributed by atoms with E-state index in [2.05, 4.69) is 48.9 Å². The summed E-state index contributed by atoms with van der Waals surface area (Å²) in [5, 5.41) is 15.0. The molecule has 1 aliphatic carbocycles. The highest BCUT2D eigenvalue weighted by Gasteiger charge is 2.17. The minimum Gasteiger partial charge on any atom is -0.378 e. The van der Waals surface area contributed by atoms with E-state index in [-0.39, 0.29) is 0 Å². The second-order valence-corrected chi connectivity index (χ2v) is 6.53. The number of rotatable bonds is 5. The van der Waals surface area contributed by atoms with Gasteiger partial charge in [-0.2, -0.15) is 10.1 Å². The van der Waals surface area contributed by atoms with Crippen LogP contribution < -0.4 is 15.5 Å². The van der Waals surface area contributed by atoms with E-state index >= 15 is 0 Å². The van der Waals surface area contributed by atoms with Gasteiger partial charge in [0.15, 0.2) is 5.82 Å². The lowest BCUT2D eigenvalue weighted by molar-refractivity contribution is 0.123. The lowest BCUT2D eigenvalue weighted by atomic mass is 10.2. The van der Waals surface area contributed by atoms with E-state index in [1.165, 1.54) is 25.7 Å². The van der Waals surface area contributed by atoms with E-state index in [9.17, 15) is 0 Å². The Balaban J connectivity index is 1.50. The number of nitrogens with one attached hydrogen (secondary N) is 2. The van der Waals surface area contributed by atoms with Gasteiger partial charge in [0.05, 0.1) is 30.8 Å². The van der Waals surface area contributed by atoms with Crippen LogP contribution >= 0.6 is 0 Å². The molecule has 0 spiro atoms. The molecule has 0 amide bonds. The van der Waals surface area contributed by atoms with E-state index in [4.69, 9.17) is 4.74 Å². The van der Waals surface area contributed by atoms with Gasteiger partial charge in [0.25, 0.3) is 0 Å². The molecule has 25 heavy (non-hydrogen) atoms. The van der Waals surface area contributed by atoms with Crippen LogP contribution in [0.15, 0.2) is 30.5 Å². The molecule has 2 aromatic rings. The predicted octanol–water partition coefficient (Wildman–Crippen LogP) is 2.81. The highest BCUT2D eigenvalue weighted by Crippen LogP contribution is 2.29. The van der Waals surface area contributed by atoms with E-state index in [0.717, 1.165) is 37.7 Å². The number of morpholine rings is 1. The normalized spacial score (nSPS) is 18.3. The third-order valence-corrected chi connectivity index (χ3v) is 4.77. The van der Waals surface area contributed by atoms with Crippen LogP contribution in [0.1, 0.15) is 25.7 Å². The van der Waals surface area contributed by atoms with Crippen LogP contribution in [-0.2, 0) is 4.74 Å². The number of hydrogen-bond donors (Lipinski definition) is 2. The molecule has 7 heteroatoms. The molecule has 2 N–H and O–H groups in total. The van der Waals surface area contributed by atoms with Crippen LogP contribution in [0.5, 0.6) is 0 Å². The number of para-hydroxylation sites is 2. The largest absolute Gasteiger partial charge is 0.378 e. The van der Waals surface area contributed by atoms with E-state index in [0.29, 0.717) is 17.8 Å². The summed E-state index contributed by atoms with van der Waals surface area (Å²) in [5.74, 6) is 1.30. The van der Waals surface area contributed by atoms with Gasteiger partial charge >= 0.3 is 0 Å².